The Morgan fingerprint density at radius 1 is 0.815 bits per heavy atom. The van der Waals surface area contributed by atoms with Gasteiger partial charge in [-0.3, -0.25) is 5.01 Å². The number of methoxy groups -OCH3 is 2. The van der Waals surface area contributed by atoms with E-state index in [1.807, 2.05) is 48.5 Å². The lowest BCUT2D eigenvalue weighted by molar-refractivity contribution is 0.414. The summed E-state index contributed by atoms with van der Waals surface area (Å²) in [6, 6.07) is 26.7. The van der Waals surface area contributed by atoms with E-state index in [9.17, 15) is 0 Å². The Hall–Kier alpha value is -3.27. The molecule has 0 saturated heterocycles. The molecule has 0 amide bonds. The second-order valence-corrected chi connectivity index (χ2v) is 6.42. The molecule has 4 heteroatoms. The SMILES string of the molecule is COc1ccc(N2N=C(c3ccccc3OC)CC2c2ccccc2)cc1. The first-order chi connectivity index (χ1) is 13.3. The lowest BCUT2D eigenvalue weighted by atomic mass is 9.98. The average molecular weight is 358 g/mol. The Morgan fingerprint density at radius 3 is 2.22 bits per heavy atom. The van der Waals surface area contributed by atoms with Crippen molar-refractivity contribution >= 4 is 11.4 Å². The summed E-state index contributed by atoms with van der Waals surface area (Å²) in [5.74, 6) is 1.68. The average Bonchev–Trinajstić information content (AvgIpc) is 3.19. The molecule has 0 aliphatic carbocycles. The highest BCUT2D eigenvalue weighted by atomic mass is 16.5. The van der Waals surface area contributed by atoms with Gasteiger partial charge in [-0.15, -0.1) is 0 Å². The van der Waals surface area contributed by atoms with Gasteiger partial charge in [0.2, 0.25) is 0 Å². The number of rotatable bonds is 5. The Bertz CT molecular complexity index is 936. The van der Waals surface area contributed by atoms with Gasteiger partial charge < -0.3 is 9.47 Å². The van der Waals surface area contributed by atoms with Crippen molar-refractivity contribution in [2.45, 2.75) is 12.5 Å². The van der Waals surface area contributed by atoms with Crippen molar-refractivity contribution in [3.8, 4) is 11.5 Å². The second kappa shape index (κ2) is 7.54. The summed E-state index contributed by atoms with van der Waals surface area (Å²) < 4.78 is 10.8. The Labute approximate surface area is 159 Å². The molecule has 1 unspecified atom stereocenters. The highest BCUT2D eigenvalue weighted by molar-refractivity contribution is 6.05. The van der Waals surface area contributed by atoms with Crippen LogP contribution in [0.5, 0.6) is 11.5 Å². The van der Waals surface area contributed by atoms with Crippen LogP contribution in [0.4, 0.5) is 5.69 Å². The summed E-state index contributed by atoms with van der Waals surface area (Å²) in [5, 5.41) is 7.07. The van der Waals surface area contributed by atoms with Crippen molar-refractivity contribution in [3.05, 3.63) is 90.0 Å². The third kappa shape index (κ3) is 3.38. The van der Waals surface area contributed by atoms with Crippen molar-refractivity contribution in [1.29, 1.82) is 0 Å². The maximum Gasteiger partial charge on any atom is 0.127 e. The number of benzene rings is 3. The normalized spacial score (nSPS) is 16.1. The molecular formula is C23H22N2O2. The first kappa shape index (κ1) is 17.2. The van der Waals surface area contributed by atoms with Crippen LogP contribution in [0.1, 0.15) is 23.6 Å². The first-order valence-corrected chi connectivity index (χ1v) is 8.99. The van der Waals surface area contributed by atoms with Crippen LogP contribution < -0.4 is 14.5 Å². The van der Waals surface area contributed by atoms with E-state index < -0.39 is 0 Å². The Kier molecular flexibility index (Phi) is 4.79. The van der Waals surface area contributed by atoms with Gasteiger partial charge in [-0.25, -0.2) is 0 Å². The Balaban J connectivity index is 1.76. The van der Waals surface area contributed by atoms with Crippen molar-refractivity contribution in [2.75, 3.05) is 19.2 Å². The van der Waals surface area contributed by atoms with Crippen LogP contribution >= 0.6 is 0 Å². The lowest BCUT2D eigenvalue weighted by Crippen LogP contribution is -2.18. The minimum Gasteiger partial charge on any atom is -0.497 e. The molecule has 0 spiro atoms. The maximum atomic E-state index is 5.55. The number of para-hydroxylation sites is 1. The first-order valence-electron chi connectivity index (χ1n) is 8.99. The number of nitrogens with zero attached hydrogens (tertiary/aromatic N) is 2. The summed E-state index contributed by atoms with van der Waals surface area (Å²) in [6.07, 6.45) is 0.816. The predicted molar refractivity (Wildman–Crippen MR) is 109 cm³/mol. The molecule has 4 rings (SSSR count). The zero-order valence-corrected chi connectivity index (χ0v) is 15.5. The van der Waals surface area contributed by atoms with Crippen LogP contribution in [-0.2, 0) is 0 Å². The fourth-order valence-corrected chi connectivity index (χ4v) is 3.46. The van der Waals surface area contributed by atoms with E-state index in [1.165, 1.54) is 5.56 Å². The molecule has 0 radical (unpaired) electrons. The minimum atomic E-state index is 0.138. The van der Waals surface area contributed by atoms with E-state index in [0.29, 0.717) is 0 Å². The summed E-state index contributed by atoms with van der Waals surface area (Å²) in [4.78, 5) is 0. The smallest absolute Gasteiger partial charge is 0.127 e. The quantitative estimate of drug-likeness (QED) is 0.639. The monoisotopic (exact) mass is 358 g/mol. The van der Waals surface area contributed by atoms with Crippen molar-refractivity contribution < 1.29 is 9.47 Å². The van der Waals surface area contributed by atoms with Crippen LogP contribution in [0.25, 0.3) is 0 Å². The maximum absolute atomic E-state index is 5.55. The van der Waals surface area contributed by atoms with Gasteiger partial charge in [-0.1, -0.05) is 42.5 Å². The lowest BCUT2D eigenvalue weighted by Gasteiger charge is -2.24. The summed E-state index contributed by atoms with van der Waals surface area (Å²) in [5.41, 5.74) is 4.34. The van der Waals surface area contributed by atoms with Crippen LogP contribution in [-0.4, -0.2) is 19.9 Å². The van der Waals surface area contributed by atoms with Crippen molar-refractivity contribution in [3.63, 3.8) is 0 Å². The second-order valence-electron chi connectivity index (χ2n) is 6.42. The van der Waals surface area contributed by atoms with Crippen molar-refractivity contribution in [2.24, 2.45) is 5.10 Å². The summed E-state index contributed by atoms with van der Waals surface area (Å²) in [6.45, 7) is 0. The number of hydrogen-bond donors (Lipinski definition) is 0. The molecular weight excluding hydrogens is 336 g/mol. The van der Waals surface area contributed by atoms with E-state index in [2.05, 4.69) is 35.3 Å². The molecule has 1 aliphatic heterocycles. The molecule has 1 heterocycles. The molecule has 136 valence electrons. The van der Waals surface area contributed by atoms with Crippen molar-refractivity contribution in [1.82, 2.24) is 0 Å². The molecule has 0 aromatic heterocycles. The fourth-order valence-electron chi connectivity index (χ4n) is 3.46. The molecule has 1 atom stereocenters. The molecule has 3 aromatic rings. The van der Waals surface area contributed by atoms with Gasteiger partial charge in [-0.05, 0) is 42.0 Å². The zero-order valence-electron chi connectivity index (χ0n) is 15.5. The molecule has 3 aromatic carbocycles. The van der Waals surface area contributed by atoms with Crippen LogP contribution in [0.2, 0.25) is 0 Å². The molecule has 27 heavy (non-hydrogen) atoms. The molecule has 0 bridgehead atoms. The van der Waals surface area contributed by atoms with Gasteiger partial charge in [0.05, 0.1) is 31.7 Å². The summed E-state index contributed by atoms with van der Waals surface area (Å²) >= 11 is 0. The zero-order chi connectivity index (χ0) is 18.6. The van der Waals surface area contributed by atoms with Gasteiger partial charge in [0.25, 0.3) is 0 Å². The number of hydrazone groups is 1. The van der Waals surface area contributed by atoms with Crippen LogP contribution in [0, 0.1) is 0 Å². The van der Waals surface area contributed by atoms with Gasteiger partial charge in [0.15, 0.2) is 0 Å². The van der Waals surface area contributed by atoms with Gasteiger partial charge in [-0.2, -0.15) is 5.10 Å². The third-order valence-corrected chi connectivity index (χ3v) is 4.85. The molecule has 1 aliphatic rings. The van der Waals surface area contributed by atoms with E-state index >= 15 is 0 Å². The largest absolute Gasteiger partial charge is 0.497 e. The standard InChI is InChI=1S/C23H22N2O2/c1-26-19-14-12-18(13-15-19)25-22(17-8-4-3-5-9-17)16-21(24-25)20-10-6-7-11-23(20)27-2/h3-15,22H,16H2,1-2H3. The highest BCUT2D eigenvalue weighted by Crippen LogP contribution is 2.38. The number of hydrogen-bond acceptors (Lipinski definition) is 4. The Morgan fingerprint density at radius 2 is 1.52 bits per heavy atom. The third-order valence-electron chi connectivity index (χ3n) is 4.85. The van der Waals surface area contributed by atoms with Gasteiger partial charge in [0.1, 0.15) is 11.5 Å². The molecule has 0 N–H and O–H groups in total. The summed E-state index contributed by atoms with van der Waals surface area (Å²) in [7, 11) is 3.37. The minimum absolute atomic E-state index is 0.138. The fraction of sp³-hybridized carbons (Fsp3) is 0.174. The van der Waals surface area contributed by atoms with E-state index in [4.69, 9.17) is 14.6 Å². The number of anilines is 1. The van der Waals surface area contributed by atoms with E-state index in [1.54, 1.807) is 14.2 Å². The molecule has 0 fully saturated rings. The van der Waals surface area contributed by atoms with Crippen LogP contribution in [0.15, 0.2) is 84.0 Å². The highest BCUT2D eigenvalue weighted by Gasteiger charge is 2.30. The van der Waals surface area contributed by atoms with Crippen LogP contribution in [0.3, 0.4) is 0 Å². The molecule has 0 saturated carbocycles. The van der Waals surface area contributed by atoms with Gasteiger partial charge in [0, 0.05) is 12.0 Å². The topological polar surface area (TPSA) is 34.1 Å². The number of ether oxygens (including phenoxy) is 2. The van der Waals surface area contributed by atoms with E-state index in [-0.39, 0.29) is 6.04 Å². The predicted octanol–water partition coefficient (Wildman–Crippen LogP) is 5.06. The molecule has 4 nitrogen and oxygen atoms in total. The van der Waals surface area contributed by atoms with E-state index in [0.717, 1.165) is 34.9 Å². The van der Waals surface area contributed by atoms with Gasteiger partial charge >= 0.3 is 0 Å².